The largest absolute Gasteiger partial charge is 0.397 e. The quantitative estimate of drug-likeness (QED) is 0.821. The van der Waals surface area contributed by atoms with Crippen LogP contribution in [0.4, 0.5) is 15.8 Å². The Kier molecular flexibility index (Phi) is 3.74. The van der Waals surface area contributed by atoms with Crippen LogP contribution in [-0.2, 0) is 0 Å². The van der Waals surface area contributed by atoms with Crippen LogP contribution in [0.2, 0.25) is 0 Å². The van der Waals surface area contributed by atoms with E-state index in [1.54, 1.807) is 25.1 Å². The maximum absolute atomic E-state index is 13.8. The number of carbonyl (C=O) groups is 1. The molecule has 4 heteroatoms. The molecule has 3 nitrogen and oxygen atoms in total. The molecule has 0 atom stereocenters. The SMILES string of the molecule is Cc1ccc(C(=O)Nc2cc(C)c(C)cc2N)c(F)c1. The Morgan fingerprint density at radius 2 is 1.75 bits per heavy atom. The predicted molar refractivity (Wildman–Crippen MR) is 79.4 cm³/mol. The summed E-state index contributed by atoms with van der Waals surface area (Å²) in [5.41, 5.74) is 9.67. The number of rotatable bonds is 2. The molecule has 3 N–H and O–H groups in total. The lowest BCUT2D eigenvalue weighted by atomic mass is 10.1. The van der Waals surface area contributed by atoms with Crippen LogP contribution in [0.3, 0.4) is 0 Å². The molecule has 0 aliphatic rings. The summed E-state index contributed by atoms with van der Waals surface area (Å²) in [6.45, 7) is 5.64. The number of carbonyl (C=O) groups excluding carboxylic acids is 1. The van der Waals surface area contributed by atoms with E-state index in [2.05, 4.69) is 5.32 Å². The number of anilines is 2. The molecule has 0 fully saturated rings. The van der Waals surface area contributed by atoms with Gasteiger partial charge in [0.1, 0.15) is 5.82 Å². The van der Waals surface area contributed by atoms with E-state index in [-0.39, 0.29) is 5.56 Å². The normalized spacial score (nSPS) is 10.4. The Balaban J connectivity index is 2.30. The highest BCUT2D eigenvalue weighted by Gasteiger charge is 2.13. The van der Waals surface area contributed by atoms with Crippen LogP contribution in [0.25, 0.3) is 0 Å². The minimum atomic E-state index is -0.537. The Hall–Kier alpha value is -2.36. The van der Waals surface area contributed by atoms with Gasteiger partial charge in [-0.3, -0.25) is 4.79 Å². The predicted octanol–water partition coefficient (Wildman–Crippen LogP) is 3.59. The van der Waals surface area contributed by atoms with Crippen molar-refractivity contribution in [2.24, 2.45) is 0 Å². The van der Waals surface area contributed by atoms with Crippen LogP contribution < -0.4 is 11.1 Å². The fourth-order valence-electron chi connectivity index (χ4n) is 1.94. The van der Waals surface area contributed by atoms with E-state index < -0.39 is 11.7 Å². The number of hydrogen-bond acceptors (Lipinski definition) is 2. The minimum Gasteiger partial charge on any atom is -0.397 e. The van der Waals surface area contributed by atoms with Crippen molar-refractivity contribution in [1.29, 1.82) is 0 Å². The van der Waals surface area contributed by atoms with Crippen molar-refractivity contribution in [3.05, 3.63) is 58.4 Å². The smallest absolute Gasteiger partial charge is 0.258 e. The fourth-order valence-corrected chi connectivity index (χ4v) is 1.94. The first kappa shape index (κ1) is 14.1. The number of nitrogens with one attached hydrogen (secondary N) is 1. The highest BCUT2D eigenvalue weighted by Crippen LogP contribution is 2.24. The van der Waals surface area contributed by atoms with E-state index in [1.165, 1.54) is 12.1 Å². The third-order valence-corrected chi connectivity index (χ3v) is 3.28. The highest BCUT2D eigenvalue weighted by atomic mass is 19.1. The molecule has 0 heterocycles. The lowest BCUT2D eigenvalue weighted by Gasteiger charge is -2.11. The number of nitrogen functional groups attached to an aromatic ring is 1. The molecule has 2 aromatic rings. The Bertz CT molecular complexity index is 680. The van der Waals surface area contributed by atoms with Crippen molar-refractivity contribution in [3.8, 4) is 0 Å². The van der Waals surface area contributed by atoms with Gasteiger partial charge in [0.2, 0.25) is 0 Å². The van der Waals surface area contributed by atoms with Gasteiger partial charge in [0.05, 0.1) is 16.9 Å². The summed E-state index contributed by atoms with van der Waals surface area (Å²) in [5.74, 6) is -1.04. The molecule has 1 amide bonds. The molecule has 0 aliphatic heterocycles. The molecule has 0 saturated heterocycles. The zero-order chi connectivity index (χ0) is 14.9. The molecule has 0 saturated carbocycles. The molecule has 0 unspecified atom stereocenters. The standard InChI is InChI=1S/C16H17FN2O/c1-9-4-5-12(13(17)6-9)16(20)19-15-8-11(3)10(2)7-14(15)18/h4-8H,18H2,1-3H3,(H,19,20). The number of benzene rings is 2. The van der Waals surface area contributed by atoms with Gasteiger partial charge in [0, 0.05) is 0 Å². The molecule has 2 rings (SSSR count). The van der Waals surface area contributed by atoms with Gasteiger partial charge in [-0.15, -0.1) is 0 Å². The van der Waals surface area contributed by atoms with Crippen LogP contribution >= 0.6 is 0 Å². The zero-order valence-electron chi connectivity index (χ0n) is 11.8. The first-order chi connectivity index (χ1) is 9.38. The highest BCUT2D eigenvalue weighted by molar-refractivity contribution is 6.06. The topological polar surface area (TPSA) is 55.1 Å². The second-order valence-corrected chi connectivity index (χ2v) is 4.96. The van der Waals surface area contributed by atoms with Crippen molar-refractivity contribution < 1.29 is 9.18 Å². The lowest BCUT2D eigenvalue weighted by Crippen LogP contribution is -2.15. The fraction of sp³-hybridized carbons (Fsp3) is 0.188. The molecule has 0 radical (unpaired) electrons. The molecule has 0 aromatic heterocycles. The van der Waals surface area contributed by atoms with Gasteiger partial charge in [-0.25, -0.2) is 4.39 Å². The molecule has 0 spiro atoms. The summed E-state index contributed by atoms with van der Waals surface area (Å²) in [6, 6.07) is 8.07. The van der Waals surface area contributed by atoms with Gasteiger partial charge in [-0.2, -0.15) is 0 Å². The van der Waals surface area contributed by atoms with Gasteiger partial charge < -0.3 is 11.1 Å². The summed E-state index contributed by atoms with van der Waals surface area (Å²) in [4.78, 5) is 12.1. The third kappa shape index (κ3) is 2.79. The van der Waals surface area contributed by atoms with E-state index in [4.69, 9.17) is 5.73 Å². The maximum atomic E-state index is 13.8. The average Bonchev–Trinajstić information content (AvgIpc) is 2.35. The van der Waals surface area contributed by atoms with Crippen molar-refractivity contribution >= 4 is 17.3 Å². The van der Waals surface area contributed by atoms with Crippen LogP contribution in [0.1, 0.15) is 27.0 Å². The van der Waals surface area contributed by atoms with E-state index in [9.17, 15) is 9.18 Å². The second kappa shape index (κ2) is 5.33. The summed E-state index contributed by atoms with van der Waals surface area (Å²) >= 11 is 0. The average molecular weight is 272 g/mol. The van der Waals surface area contributed by atoms with Gasteiger partial charge >= 0.3 is 0 Å². The number of aryl methyl sites for hydroxylation is 3. The third-order valence-electron chi connectivity index (χ3n) is 3.28. The molecular formula is C16H17FN2O. The second-order valence-electron chi connectivity index (χ2n) is 4.96. The van der Waals surface area contributed by atoms with Gasteiger partial charge in [-0.05, 0) is 61.7 Å². The van der Waals surface area contributed by atoms with Crippen molar-refractivity contribution in [2.45, 2.75) is 20.8 Å². The van der Waals surface area contributed by atoms with E-state index >= 15 is 0 Å². The van der Waals surface area contributed by atoms with Gasteiger partial charge in [-0.1, -0.05) is 6.07 Å². The Morgan fingerprint density at radius 1 is 1.10 bits per heavy atom. The van der Waals surface area contributed by atoms with Crippen molar-refractivity contribution in [2.75, 3.05) is 11.1 Å². The molecule has 0 aliphatic carbocycles. The Labute approximate surface area is 117 Å². The first-order valence-corrected chi connectivity index (χ1v) is 6.32. The van der Waals surface area contributed by atoms with Crippen LogP contribution in [0.5, 0.6) is 0 Å². The van der Waals surface area contributed by atoms with Crippen LogP contribution in [-0.4, -0.2) is 5.91 Å². The molecule has 0 bridgehead atoms. The zero-order valence-corrected chi connectivity index (χ0v) is 11.8. The summed E-state index contributed by atoms with van der Waals surface area (Å²) in [5, 5.41) is 2.65. The van der Waals surface area contributed by atoms with E-state index in [0.717, 1.165) is 16.7 Å². The number of hydrogen-bond donors (Lipinski definition) is 2. The monoisotopic (exact) mass is 272 g/mol. The van der Waals surface area contributed by atoms with Gasteiger partial charge in [0.15, 0.2) is 0 Å². The van der Waals surface area contributed by atoms with Crippen LogP contribution in [0, 0.1) is 26.6 Å². The maximum Gasteiger partial charge on any atom is 0.258 e. The first-order valence-electron chi connectivity index (χ1n) is 6.32. The van der Waals surface area contributed by atoms with E-state index in [0.29, 0.717) is 11.4 Å². The van der Waals surface area contributed by atoms with Crippen LogP contribution in [0.15, 0.2) is 30.3 Å². The number of amides is 1. The Morgan fingerprint density at radius 3 is 2.40 bits per heavy atom. The molecule has 104 valence electrons. The molecule has 2 aromatic carbocycles. The lowest BCUT2D eigenvalue weighted by molar-refractivity contribution is 0.102. The van der Waals surface area contributed by atoms with Crippen molar-refractivity contribution in [1.82, 2.24) is 0 Å². The number of nitrogens with two attached hydrogens (primary N) is 1. The molecular weight excluding hydrogens is 255 g/mol. The minimum absolute atomic E-state index is 0.00762. The van der Waals surface area contributed by atoms with Crippen molar-refractivity contribution in [3.63, 3.8) is 0 Å². The van der Waals surface area contributed by atoms with Gasteiger partial charge in [0.25, 0.3) is 5.91 Å². The summed E-state index contributed by atoms with van der Waals surface area (Å²) in [7, 11) is 0. The summed E-state index contributed by atoms with van der Waals surface area (Å²) < 4.78 is 13.8. The van der Waals surface area contributed by atoms with E-state index in [1.807, 2.05) is 13.8 Å². The number of halogens is 1. The summed E-state index contributed by atoms with van der Waals surface area (Å²) in [6.07, 6.45) is 0. The molecule has 20 heavy (non-hydrogen) atoms.